The Hall–Kier alpha value is -1.87. The Morgan fingerprint density at radius 2 is 1.86 bits per heavy atom. The van der Waals surface area contributed by atoms with Gasteiger partial charge >= 0.3 is 0 Å². The van der Waals surface area contributed by atoms with Gasteiger partial charge in [-0.3, -0.25) is 0 Å². The van der Waals surface area contributed by atoms with Gasteiger partial charge in [0.25, 0.3) is 0 Å². The molecule has 1 N–H and O–H groups in total. The topological polar surface area (TPSA) is 34.1 Å². The summed E-state index contributed by atoms with van der Waals surface area (Å²) in [6.45, 7) is 9.29. The zero-order chi connectivity index (χ0) is 15.2. The van der Waals surface area contributed by atoms with Crippen molar-refractivity contribution >= 4 is 0 Å². The molecule has 0 atom stereocenters. The maximum atomic E-state index is 5.88. The summed E-state index contributed by atoms with van der Waals surface area (Å²) < 4.78 is 5.88. The summed E-state index contributed by atoms with van der Waals surface area (Å²) in [5.41, 5.74) is 3.48. The van der Waals surface area contributed by atoms with Crippen molar-refractivity contribution in [2.24, 2.45) is 0 Å². The van der Waals surface area contributed by atoms with Crippen molar-refractivity contribution in [3.63, 3.8) is 0 Å². The van der Waals surface area contributed by atoms with E-state index in [0.29, 0.717) is 11.9 Å². The molecule has 1 aromatic heterocycles. The minimum Gasteiger partial charge on any atom is -0.439 e. The van der Waals surface area contributed by atoms with E-state index in [1.807, 2.05) is 30.3 Å². The van der Waals surface area contributed by atoms with Gasteiger partial charge in [0.2, 0.25) is 5.88 Å². The van der Waals surface area contributed by atoms with Crippen molar-refractivity contribution in [3.8, 4) is 11.6 Å². The zero-order valence-electron chi connectivity index (χ0n) is 13.3. The number of ether oxygens (including phenoxy) is 1. The Balaban J connectivity index is 2.17. The first-order valence-corrected chi connectivity index (χ1v) is 7.54. The van der Waals surface area contributed by atoms with E-state index in [-0.39, 0.29) is 0 Å². The molecule has 0 spiro atoms. The summed E-state index contributed by atoms with van der Waals surface area (Å²) in [5, 5.41) is 3.43. The monoisotopic (exact) mass is 284 g/mol. The number of nitrogens with one attached hydrogen (secondary N) is 1. The molecule has 3 nitrogen and oxygen atoms in total. The lowest BCUT2D eigenvalue weighted by Crippen LogP contribution is -2.22. The Labute approximate surface area is 127 Å². The molecule has 0 radical (unpaired) electrons. The van der Waals surface area contributed by atoms with E-state index in [4.69, 9.17) is 4.74 Å². The summed E-state index contributed by atoms with van der Waals surface area (Å²) >= 11 is 0. The first-order valence-electron chi connectivity index (χ1n) is 7.54. The molecule has 112 valence electrons. The average molecular weight is 284 g/mol. The van der Waals surface area contributed by atoms with E-state index in [1.165, 1.54) is 11.1 Å². The van der Waals surface area contributed by atoms with Crippen LogP contribution in [-0.2, 0) is 13.0 Å². The van der Waals surface area contributed by atoms with Gasteiger partial charge in [0.1, 0.15) is 5.75 Å². The fourth-order valence-corrected chi connectivity index (χ4v) is 2.00. The molecule has 3 heteroatoms. The predicted molar refractivity (Wildman–Crippen MR) is 86.8 cm³/mol. The van der Waals surface area contributed by atoms with Crippen LogP contribution in [0, 0.1) is 6.92 Å². The summed E-state index contributed by atoms with van der Waals surface area (Å²) in [6, 6.07) is 12.6. The maximum absolute atomic E-state index is 5.88. The molecule has 1 heterocycles. The van der Waals surface area contributed by atoms with Crippen LogP contribution in [0.4, 0.5) is 0 Å². The molecule has 21 heavy (non-hydrogen) atoms. The molecule has 0 amide bonds. The third-order valence-electron chi connectivity index (χ3n) is 3.23. The van der Waals surface area contributed by atoms with E-state index in [2.05, 4.69) is 44.1 Å². The molecule has 2 rings (SSSR count). The number of nitrogens with zero attached hydrogens (tertiary/aromatic N) is 1. The van der Waals surface area contributed by atoms with Crippen LogP contribution in [0.25, 0.3) is 0 Å². The maximum Gasteiger partial charge on any atom is 0.219 e. The smallest absolute Gasteiger partial charge is 0.219 e. The highest BCUT2D eigenvalue weighted by Gasteiger charge is 2.05. The lowest BCUT2D eigenvalue weighted by Gasteiger charge is -2.12. The Morgan fingerprint density at radius 3 is 2.48 bits per heavy atom. The van der Waals surface area contributed by atoms with Gasteiger partial charge < -0.3 is 10.1 Å². The molecule has 0 unspecified atom stereocenters. The van der Waals surface area contributed by atoms with Gasteiger partial charge in [-0.25, -0.2) is 4.98 Å². The number of hydrogen-bond acceptors (Lipinski definition) is 3. The molecule has 0 saturated carbocycles. The fourth-order valence-electron chi connectivity index (χ4n) is 2.00. The van der Waals surface area contributed by atoms with Crippen LogP contribution in [0.5, 0.6) is 11.6 Å². The highest BCUT2D eigenvalue weighted by atomic mass is 16.5. The second kappa shape index (κ2) is 7.23. The number of rotatable bonds is 6. The first-order chi connectivity index (χ1) is 10.1. The number of aryl methyl sites for hydroxylation is 2. The van der Waals surface area contributed by atoms with E-state index in [0.717, 1.165) is 24.4 Å². The highest BCUT2D eigenvalue weighted by Crippen LogP contribution is 2.22. The van der Waals surface area contributed by atoms with Crippen molar-refractivity contribution in [3.05, 3.63) is 53.2 Å². The molecule has 1 aromatic carbocycles. The third-order valence-corrected chi connectivity index (χ3v) is 3.23. The van der Waals surface area contributed by atoms with Gasteiger partial charge in [0.15, 0.2) is 0 Å². The van der Waals surface area contributed by atoms with E-state index in [1.54, 1.807) is 0 Å². The number of benzene rings is 1. The van der Waals surface area contributed by atoms with Crippen LogP contribution in [0.3, 0.4) is 0 Å². The van der Waals surface area contributed by atoms with Crippen LogP contribution in [-0.4, -0.2) is 11.0 Å². The van der Waals surface area contributed by atoms with Crippen LogP contribution in [0.1, 0.15) is 37.6 Å². The second-order valence-corrected chi connectivity index (χ2v) is 5.61. The minimum atomic E-state index is 0.463. The molecule has 0 fully saturated rings. The lowest BCUT2D eigenvalue weighted by atomic mass is 10.2. The normalized spacial score (nSPS) is 10.9. The molecular formula is C18H24N2O. The lowest BCUT2D eigenvalue weighted by molar-refractivity contribution is 0.459. The van der Waals surface area contributed by atoms with Crippen molar-refractivity contribution in [1.82, 2.24) is 10.3 Å². The SMILES string of the molecule is CCc1cc(CNC(C)C)cc(Oc2ccc(C)cc2)n1. The van der Waals surface area contributed by atoms with Crippen molar-refractivity contribution in [2.75, 3.05) is 0 Å². The largest absolute Gasteiger partial charge is 0.439 e. The summed E-state index contributed by atoms with van der Waals surface area (Å²) in [4.78, 5) is 4.55. The van der Waals surface area contributed by atoms with Crippen molar-refractivity contribution in [2.45, 2.75) is 46.7 Å². The van der Waals surface area contributed by atoms with Gasteiger partial charge in [0, 0.05) is 24.3 Å². The van der Waals surface area contributed by atoms with Crippen LogP contribution in [0.2, 0.25) is 0 Å². The number of pyridine rings is 1. The predicted octanol–water partition coefficient (Wildman–Crippen LogP) is 4.24. The molecule has 2 aromatic rings. The third kappa shape index (κ3) is 4.87. The minimum absolute atomic E-state index is 0.463. The molecule has 0 aliphatic carbocycles. The van der Waals surface area contributed by atoms with E-state index in [9.17, 15) is 0 Å². The van der Waals surface area contributed by atoms with E-state index < -0.39 is 0 Å². The number of aromatic nitrogens is 1. The summed E-state index contributed by atoms with van der Waals surface area (Å²) in [5.74, 6) is 1.49. The number of hydrogen-bond donors (Lipinski definition) is 1. The van der Waals surface area contributed by atoms with Gasteiger partial charge in [-0.2, -0.15) is 0 Å². The van der Waals surface area contributed by atoms with Crippen molar-refractivity contribution in [1.29, 1.82) is 0 Å². The highest BCUT2D eigenvalue weighted by molar-refractivity contribution is 5.32. The molecule has 0 aliphatic rings. The molecule has 0 bridgehead atoms. The second-order valence-electron chi connectivity index (χ2n) is 5.61. The molecule has 0 aliphatic heterocycles. The Kier molecular flexibility index (Phi) is 5.34. The fraction of sp³-hybridized carbons (Fsp3) is 0.389. The van der Waals surface area contributed by atoms with Crippen LogP contribution in [0.15, 0.2) is 36.4 Å². The molecular weight excluding hydrogens is 260 g/mol. The summed E-state index contributed by atoms with van der Waals surface area (Å²) in [7, 11) is 0. The summed E-state index contributed by atoms with van der Waals surface area (Å²) in [6.07, 6.45) is 0.903. The van der Waals surface area contributed by atoms with Gasteiger partial charge in [0.05, 0.1) is 0 Å². The van der Waals surface area contributed by atoms with Gasteiger partial charge in [-0.1, -0.05) is 38.5 Å². The van der Waals surface area contributed by atoms with Crippen LogP contribution >= 0.6 is 0 Å². The van der Waals surface area contributed by atoms with Crippen LogP contribution < -0.4 is 10.1 Å². The Bertz CT molecular complexity index is 576. The standard InChI is InChI=1S/C18H24N2O/c1-5-16-10-15(12-19-13(2)3)11-18(20-16)21-17-8-6-14(4)7-9-17/h6-11,13,19H,5,12H2,1-4H3. The Morgan fingerprint density at radius 1 is 1.14 bits per heavy atom. The first kappa shape index (κ1) is 15.5. The molecule has 0 saturated heterocycles. The quantitative estimate of drug-likeness (QED) is 0.861. The van der Waals surface area contributed by atoms with E-state index >= 15 is 0 Å². The van der Waals surface area contributed by atoms with Gasteiger partial charge in [-0.15, -0.1) is 0 Å². The van der Waals surface area contributed by atoms with Crippen molar-refractivity contribution < 1.29 is 4.74 Å². The zero-order valence-corrected chi connectivity index (χ0v) is 13.3. The average Bonchev–Trinajstić information content (AvgIpc) is 2.47. The van der Waals surface area contributed by atoms with Gasteiger partial charge in [-0.05, 0) is 37.1 Å².